The summed E-state index contributed by atoms with van der Waals surface area (Å²) in [6, 6.07) is 0. The van der Waals surface area contributed by atoms with Gasteiger partial charge in [0, 0.05) is 0 Å². The van der Waals surface area contributed by atoms with Crippen molar-refractivity contribution in [2.24, 2.45) is 0 Å². The lowest BCUT2D eigenvalue weighted by molar-refractivity contribution is 0.762. The molecule has 1 aliphatic rings. The first-order valence-electron chi connectivity index (χ1n) is 3.98. The minimum atomic E-state index is 1.23. The van der Waals surface area contributed by atoms with Crippen molar-refractivity contribution >= 4 is 0 Å². The van der Waals surface area contributed by atoms with E-state index in [1.165, 1.54) is 25.7 Å². The molecule has 0 nitrogen and oxygen atoms in total. The maximum Gasteiger partial charge on any atom is -0.0347 e. The third-order valence-corrected chi connectivity index (χ3v) is 1.60. The van der Waals surface area contributed by atoms with Crippen molar-refractivity contribution in [3.8, 4) is 0 Å². The Hall–Kier alpha value is -0.780. The summed E-state index contributed by atoms with van der Waals surface area (Å²) >= 11 is 0. The Balaban J connectivity index is 2.40. The fraction of sp³-hybridized carbons (Fsp3) is 0.400. The Morgan fingerprint density at radius 2 is 1.10 bits per heavy atom. The van der Waals surface area contributed by atoms with Crippen molar-refractivity contribution in [1.29, 1.82) is 0 Å². The van der Waals surface area contributed by atoms with Crippen molar-refractivity contribution < 1.29 is 0 Å². The molecule has 1 aliphatic carbocycles. The molecule has 10 heavy (non-hydrogen) atoms. The molecule has 54 valence electrons. The molecule has 1 rings (SSSR count). The summed E-state index contributed by atoms with van der Waals surface area (Å²) in [7, 11) is 0. The SMILES string of the molecule is C1=CCCCCC=C/C=C/1. The van der Waals surface area contributed by atoms with E-state index in [9.17, 15) is 0 Å². The lowest BCUT2D eigenvalue weighted by atomic mass is 10.1. The molecule has 0 amide bonds. The van der Waals surface area contributed by atoms with Crippen LogP contribution in [-0.2, 0) is 0 Å². The molecular formula is C10H14. The van der Waals surface area contributed by atoms with Crippen LogP contribution >= 0.6 is 0 Å². The predicted octanol–water partition coefficient (Wildman–Crippen LogP) is 3.23. The van der Waals surface area contributed by atoms with Gasteiger partial charge in [0.25, 0.3) is 0 Å². The van der Waals surface area contributed by atoms with Gasteiger partial charge in [-0.15, -0.1) is 0 Å². The largest absolute Gasteiger partial charge is 0.0845 e. The molecule has 0 saturated carbocycles. The lowest BCUT2D eigenvalue weighted by Crippen LogP contribution is -1.72. The van der Waals surface area contributed by atoms with Crippen molar-refractivity contribution in [3.05, 3.63) is 36.5 Å². The van der Waals surface area contributed by atoms with Crippen LogP contribution in [-0.4, -0.2) is 0 Å². The average Bonchev–Trinajstić information content (AvgIpc) is 2.01. The predicted molar refractivity (Wildman–Crippen MR) is 45.9 cm³/mol. The van der Waals surface area contributed by atoms with Crippen LogP contribution in [0.25, 0.3) is 0 Å². The molecule has 0 unspecified atom stereocenters. The van der Waals surface area contributed by atoms with Gasteiger partial charge in [-0.25, -0.2) is 0 Å². The van der Waals surface area contributed by atoms with Crippen LogP contribution in [0, 0.1) is 0 Å². The molecule has 0 aliphatic heterocycles. The van der Waals surface area contributed by atoms with E-state index >= 15 is 0 Å². The zero-order valence-electron chi connectivity index (χ0n) is 6.29. The van der Waals surface area contributed by atoms with Gasteiger partial charge in [0.2, 0.25) is 0 Å². The zero-order valence-corrected chi connectivity index (χ0v) is 6.29. The summed E-state index contributed by atoms with van der Waals surface area (Å²) in [4.78, 5) is 0. The molecule has 0 aromatic carbocycles. The highest BCUT2D eigenvalue weighted by molar-refractivity contribution is 5.11. The van der Waals surface area contributed by atoms with Gasteiger partial charge in [0.15, 0.2) is 0 Å². The van der Waals surface area contributed by atoms with E-state index < -0.39 is 0 Å². The molecule has 0 aromatic heterocycles. The summed E-state index contributed by atoms with van der Waals surface area (Å²) in [5.41, 5.74) is 0. The van der Waals surface area contributed by atoms with Crippen molar-refractivity contribution in [2.45, 2.75) is 25.7 Å². The highest BCUT2D eigenvalue weighted by Crippen LogP contribution is 2.03. The summed E-state index contributed by atoms with van der Waals surface area (Å²) in [6.07, 6.45) is 18.0. The molecule has 0 saturated heterocycles. The van der Waals surface area contributed by atoms with Crippen LogP contribution in [0.4, 0.5) is 0 Å². The molecule has 0 radical (unpaired) electrons. The van der Waals surface area contributed by atoms with Crippen LogP contribution in [0.15, 0.2) is 36.5 Å². The zero-order chi connectivity index (χ0) is 7.07. The number of hydrogen-bond donors (Lipinski definition) is 0. The molecule has 0 spiro atoms. The van der Waals surface area contributed by atoms with Crippen molar-refractivity contribution in [1.82, 2.24) is 0 Å². The van der Waals surface area contributed by atoms with Gasteiger partial charge >= 0.3 is 0 Å². The standard InChI is InChI=1S/C10H14/c1-2-4-6-8-10-9-7-5-3-1/h1-6H,7-10H2/b2-1+,5-3?,6-4?. The molecule has 0 aromatic rings. The lowest BCUT2D eigenvalue weighted by Gasteiger charge is -1.92. The van der Waals surface area contributed by atoms with E-state index in [0.29, 0.717) is 0 Å². The Morgan fingerprint density at radius 1 is 0.600 bits per heavy atom. The third-order valence-electron chi connectivity index (χ3n) is 1.60. The highest BCUT2D eigenvalue weighted by Gasteiger charge is 1.83. The summed E-state index contributed by atoms with van der Waals surface area (Å²) in [5, 5.41) is 0. The topological polar surface area (TPSA) is 0 Å². The van der Waals surface area contributed by atoms with Crippen LogP contribution in [0.2, 0.25) is 0 Å². The first-order chi connectivity index (χ1) is 5.00. The second-order valence-electron chi connectivity index (χ2n) is 2.53. The van der Waals surface area contributed by atoms with E-state index in [4.69, 9.17) is 0 Å². The maximum atomic E-state index is 2.23. The van der Waals surface area contributed by atoms with E-state index in [0.717, 1.165) is 0 Å². The number of allylic oxidation sites excluding steroid dienone is 6. The molecular weight excluding hydrogens is 120 g/mol. The van der Waals surface area contributed by atoms with Gasteiger partial charge in [0.1, 0.15) is 0 Å². The van der Waals surface area contributed by atoms with E-state index in [-0.39, 0.29) is 0 Å². The minimum Gasteiger partial charge on any atom is -0.0845 e. The Kier molecular flexibility index (Phi) is 3.69. The first kappa shape index (κ1) is 7.33. The molecule has 0 heteroatoms. The second-order valence-corrected chi connectivity index (χ2v) is 2.53. The molecule has 0 heterocycles. The van der Waals surface area contributed by atoms with Crippen molar-refractivity contribution in [3.63, 3.8) is 0 Å². The quantitative estimate of drug-likeness (QED) is 0.477. The maximum absolute atomic E-state index is 2.23. The molecule has 0 bridgehead atoms. The van der Waals surface area contributed by atoms with Gasteiger partial charge in [-0.3, -0.25) is 0 Å². The normalized spacial score (nSPS) is 22.4. The van der Waals surface area contributed by atoms with Gasteiger partial charge < -0.3 is 0 Å². The fourth-order valence-corrected chi connectivity index (χ4v) is 1.00. The first-order valence-corrected chi connectivity index (χ1v) is 3.98. The average molecular weight is 134 g/mol. The van der Waals surface area contributed by atoms with Crippen LogP contribution in [0.3, 0.4) is 0 Å². The van der Waals surface area contributed by atoms with Crippen molar-refractivity contribution in [2.75, 3.05) is 0 Å². The number of hydrogen-bond acceptors (Lipinski definition) is 0. The van der Waals surface area contributed by atoms with Gasteiger partial charge in [-0.2, -0.15) is 0 Å². The second kappa shape index (κ2) is 5.04. The number of rotatable bonds is 0. The Labute approximate surface area is 62.9 Å². The van der Waals surface area contributed by atoms with Gasteiger partial charge in [-0.1, -0.05) is 36.5 Å². The molecule has 0 atom stereocenters. The minimum absolute atomic E-state index is 1.23. The van der Waals surface area contributed by atoms with Crippen LogP contribution in [0.1, 0.15) is 25.7 Å². The smallest absolute Gasteiger partial charge is 0.0347 e. The molecule has 0 fully saturated rings. The highest BCUT2D eigenvalue weighted by atomic mass is 13.9. The fourth-order valence-electron chi connectivity index (χ4n) is 1.00. The van der Waals surface area contributed by atoms with Gasteiger partial charge in [-0.05, 0) is 25.7 Å². The third kappa shape index (κ3) is 3.29. The Bertz CT molecular complexity index is 131. The monoisotopic (exact) mass is 134 g/mol. The summed E-state index contributed by atoms with van der Waals surface area (Å²) in [5.74, 6) is 0. The summed E-state index contributed by atoms with van der Waals surface area (Å²) in [6.45, 7) is 0. The summed E-state index contributed by atoms with van der Waals surface area (Å²) < 4.78 is 0. The van der Waals surface area contributed by atoms with E-state index in [2.05, 4.69) is 36.5 Å². The molecule has 0 N–H and O–H groups in total. The van der Waals surface area contributed by atoms with E-state index in [1.807, 2.05) is 0 Å². The van der Waals surface area contributed by atoms with Crippen LogP contribution in [0.5, 0.6) is 0 Å². The Morgan fingerprint density at radius 3 is 1.60 bits per heavy atom. The van der Waals surface area contributed by atoms with Gasteiger partial charge in [0.05, 0.1) is 0 Å². The van der Waals surface area contributed by atoms with E-state index in [1.54, 1.807) is 0 Å². The van der Waals surface area contributed by atoms with Crippen LogP contribution < -0.4 is 0 Å².